The van der Waals surface area contributed by atoms with Gasteiger partial charge in [0.2, 0.25) is 26.0 Å². The number of aromatic nitrogens is 5. The number of sulfonamides is 2. The fourth-order valence-electron chi connectivity index (χ4n) is 20.6. The molecule has 1 saturated heterocycles. The van der Waals surface area contributed by atoms with Gasteiger partial charge in [0.1, 0.15) is 52.9 Å². The lowest BCUT2D eigenvalue weighted by atomic mass is 9.86. The maximum atomic E-state index is 13.8. The first-order valence-electron chi connectivity index (χ1n) is 51.7. The second kappa shape index (κ2) is 51.8. The molecule has 1 aliphatic heterocycles. The monoisotopic (exact) mass is 2170 g/mol. The van der Waals surface area contributed by atoms with Gasteiger partial charge in [-0.15, -0.1) is 56.7 Å². The zero-order valence-electron chi connectivity index (χ0n) is 84.6. The molecule has 7 aromatic carbocycles. The highest BCUT2D eigenvalue weighted by Gasteiger charge is 2.34. The van der Waals surface area contributed by atoms with Gasteiger partial charge in [-0.2, -0.15) is 0 Å². The number of nitrogens with zero attached hydrogens (tertiary/aromatic N) is 6. The van der Waals surface area contributed by atoms with Crippen molar-refractivity contribution in [1.82, 2.24) is 49.9 Å². The molecule has 4 fully saturated rings. The van der Waals surface area contributed by atoms with E-state index in [1.807, 2.05) is 73.3 Å². The van der Waals surface area contributed by atoms with Crippen molar-refractivity contribution in [3.63, 3.8) is 0 Å². The number of anilines is 6. The Morgan fingerprint density at radius 1 is 0.470 bits per heavy atom. The van der Waals surface area contributed by atoms with Crippen LogP contribution in [0.25, 0.3) is 56.3 Å². The molecule has 5 aromatic heterocycles. The number of aryl methyl sites for hydroxylation is 11. The van der Waals surface area contributed by atoms with E-state index in [0.29, 0.717) is 62.0 Å². The number of hydrogen-bond donors (Lipinski definition) is 9. The van der Waals surface area contributed by atoms with Crippen LogP contribution in [0.5, 0.6) is 5.75 Å². The molecule has 0 unspecified atom stereocenters. The maximum absolute atomic E-state index is 13.8. The van der Waals surface area contributed by atoms with E-state index in [0.717, 1.165) is 321 Å². The predicted molar refractivity (Wildman–Crippen MR) is 582 cm³/mol. The Morgan fingerprint density at radius 3 is 1.32 bits per heavy atom. The molecule has 39 heteroatoms. The van der Waals surface area contributed by atoms with Crippen LogP contribution in [-0.2, 0) is 115 Å². The van der Waals surface area contributed by atoms with Crippen molar-refractivity contribution in [2.24, 2.45) is 17.8 Å². The van der Waals surface area contributed by atoms with E-state index in [1.165, 1.54) is 62.6 Å². The lowest BCUT2D eigenvalue weighted by Gasteiger charge is -2.30. The molecule has 9 N–H and O–H groups in total. The van der Waals surface area contributed by atoms with E-state index in [4.69, 9.17) is 48.6 Å². The van der Waals surface area contributed by atoms with E-state index >= 15 is 0 Å². The van der Waals surface area contributed by atoms with Crippen molar-refractivity contribution in [2.45, 2.75) is 217 Å². The molecule has 3 amide bonds. The van der Waals surface area contributed by atoms with Crippen LogP contribution in [0, 0.1) is 53.8 Å². The Morgan fingerprint density at radius 2 is 0.886 bits per heavy atom. The van der Waals surface area contributed by atoms with Gasteiger partial charge in [-0.05, 0) is 329 Å². The number of cyclic esters (lactones) is 1. The van der Waals surface area contributed by atoms with Crippen LogP contribution in [0.1, 0.15) is 179 Å². The molecule has 8 aliphatic carbocycles. The third-order valence-corrected chi connectivity index (χ3v) is 35.7. The zero-order valence-corrected chi connectivity index (χ0v) is 90.3. The van der Waals surface area contributed by atoms with E-state index in [1.54, 1.807) is 123 Å². The standard InChI is InChI=1S/C24H28FN3O4S2.C22H26FN3O2S.2C22H28FN3O2S.C20H20FN3O2S2/c1-16-6-9-20(31-2)22(14-16)34(29,30)27-11-13-32-12-10-26-24-28-23-19-15-18(25)8-7-17(19)4-3-5-21(23)33-24;23-16-7-6-15-2-1-3-19-20(18(15)12-16)25-21(29-19)24-17-8-4-14(5-9-17)13-26-10-11-28-22(26)27;1-28-13-20(27)24-12-14-5-9-17(10-6-14)25-22-26-21-18-11-16(23)8-7-15(18)3-2-4-19(21)29-22;1-2-28-22(27)25-17-10-6-14(7-11-17)13-24-21-26-20-18-12-16(23)9-8-15(18)4-3-5-19(20)29-21;1-28(25,26)22-12-13-5-9-16(10-6-13)23-20-24-19-17-11-15(21)8-7-14(17)3-2-4-18(19)27-20/h6-9,14-15,27H,3-5,10-13H2,1-2H3,(H,26,28);6-7,12,14,17H,1-5,8-11,13H2,(H,24,25);7-8,11,14,17H,2-6,9-10,12-13H2,1H3,(H,24,27)(H,25,26);8-9,12,14,17H,2-7,10-11,13H2,1H3,(H,24,26)(H,25,27);5-11,22H,2-4,12H2,1H3,(H,23,24). The lowest BCUT2D eigenvalue weighted by Crippen LogP contribution is -2.38. The molecule has 3 saturated carbocycles. The minimum atomic E-state index is -3.70. The highest BCUT2D eigenvalue weighted by molar-refractivity contribution is 7.89. The molecule has 0 bridgehead atoms. The van der Waals surface area contributed by atoms with Gasteiger partial charge in [0.05, 0.1) is 68.2 Å². The molecular formula is C110H130F5N15O12S7. The van der Waals surface area contributed by atoms with Crippen molar-refractivity contribution in [3.05, 3.63) is 226 Å². The number of methoxy groups -OCH3 is 2. The number of carbonyl (C=O) groups is 3. The van der Waals surface area contributed by atoms with Gasteiger partial charge >= 0.3 is 12.2 Å². The first-order chi connectivity index (χ1) is 72.1. The van der Waals surface area contributed by atoms with Gasteiger partial charge in [-0.3, -0.25) is 4.79 Å². The highest BCUT2D eigenvalue weighted by atomic mass is 32.2. The summed E-state index contributed by atoms with van der Waals surface area (Å²) in [5, 5.41) is 27.6. The number of nitrogens with one attached hydrogen (secondary N) is 9. The number of carbonyl (C=O) groups excluding carboxylic acids is 3. The number of rotatable bonds is 30. The molecule has 0 radical (unpaired) electrons. The van der Waals surface area contributed by atoms with Gasteiger partial charge in [-0.1, -0.05) is 48.5 Å². The molecule has 21 rings (SSSR count). The molecule has 0 spiro atoms. The maximum Gasteiger partial charge on any atom is 0.409 e. The van der Waals surface area contributed by atoms with Crippen molar-refractivity contribution in [1.29, 1.82) is 0 Å². The van der Waals surface area contributed by atoms with Gasteiger partial charge in [0, 0.05) is 122 Å². The molecule has 149 heavy (non-hydrogen) atoms. The van der Waals surface area contributed by atoms with E-state index in [2.05, 4.69) is 46.7 Å². The summed E-state index contributed by atoms with van der Waals surface area (Å²) in [6.07, 6.45) is 28.4. The van der Waals surface area contributed by atoms with Crippen molar-refractivity contribution < 1.29 is 76.9 Å². The normalized spacial score (nSPS) is 18.3. The minimum absolute atomic E-state index is 0.0475. The van der Waals surface area contributed by atoms with Crippen molar-refractivity contribution in [3.8, 4) is 62.0 Å². The zero-order chi connectivity index (χ0) is 104. The van der Waals surface area contributed by atoms with Crippen molar-refractivity contribution >= 4 is 126 Å². The Balaban J connectivity index is 0.000000127. The highest BCUT2D eigenvalue weighted by Crippen LogP contribution is 2.46. The summed E-state index contributed by atoms with van der Waals surface area (Å²) in [5.41, 5.74) is 17.7. The second-order valence-electron chi connectivity index (χ2n) is 39.2. The third kappa shape index (κ3) is 30.1. The molecule has 794 valence electrons. The Hall–Kier alpha value is -11.1. The number of ether oxygens (including phenoxy) is 5. The predicted octanol–water partition coefficient (Wildman–Crippen LogP) is 22.6. The number of halogens is 5. The SMILES string of the molecule is CCOC(=O)NC1CCC(CNc2nc3c(s2)CCCc2ccc(F)cc2-3)CC1.COCC(=O)NCC1CCC(Nc2nc3c(s2)CCCc2ccc(F)cc2-3)CC1.COc1ccc(C)cc1S(=O)(=O)NCCOCCNc1nc2c(s1)CCCc1ccc(F)cc1-2.CS(=O)(=O)NCc1ccc(Nc2nc3c(s2)CCCc2ccc(F)cc2-3)cc1.O=C1OCCN1CC1CCC(Nc2nc3c(s2)CCCc2ccc(F)cc2-3)CC1. The summed E-state index contributed by atoms with van der Waals surface area (Å²) in [7, 11) is -3.94. The van der Waals surface area contributed by atoms with Crippen LogP contribution in [0.4, 0.5) is 62.9 Å². The fourth-order valence-corrected chi connectivity index (χ4v) is 27.6. The lowest BCUT2D eigenvalue weighted by molar-refractivity contribution is -0.125. The van der Waals surface area contributed by atoms with Crippen LogP contribution in [0.2, 0.25) is 0 Å². The summed E-state index contributed by atoms with van der Waals surface area (Å²) >= 11 is 8.33. The van der Waals surface area contributed by atoms with E-state index in [9.17, 15) is 53.2 Å². The molecule has 9 aliphatic rings. The smallest absolute Gasteiger partial charge is 0.409 e. The van der Waals surface area contributed by atoms with Crippen LogP contribution in [0.3, 0.4) is 0 Å². The molecule has 12 aromatic rings. The van der Waals surface area contributed by atoms with E-state index < -0.39 is 20.0 Å². The van der Waals surface area contributed by atoms with E-state index in [-0.39, 0.29) is 84.4 Å². The topological polar surface area (TPSA) is 342 Å². The first-order valence-corrected chi connectivity index (χ1v) is 59.2. The number of hydrogen-bond acceptors (Lipinski definition) is 27. The van der Waals surface area contributed by atoms with Gasteiger partial charge in [0.15, 0.2) is 25.7 Å². The molecule has 0 atom stereocenters. The fraction of sp³-hybridized carbons (Fsp3) is 0.455. The third-order valence-electron chi connectivity index (χ3n) is 28.3. The summed E-state index contributed by atoms with van der Waals surface area (Å²) in [6, 6.07) is 38.7. The Labute approximate surface area is 888 Å². The van der Waals surface area contributed by atoms with Crippen LogP contribution < -0.4 is 51.4 Å². The molecule has 27 nitrogen and oxygen atoms in total. The summed E-state index contributed by atoms with van der Waals surface area (Å²) in [6.45, 7) is 9.40. The number of fused-ring (bicyclic) bond motifs is 15. The first kappa shape index (κ1) is 109. The number of benzene rings is 7. The average molecular weight is 2170 g/mol. The second-order valence-corrected chi connectivity index (χ2v) is 48.2. The number of alkyl carbamates (subject to hydrolysis) is 1. The van der Waals surface area contributed by atoms with Crippen LogP contribution >= 0.6 is 56.7 Å². The summed E-state index contributed by atoms with van der Waals surface area (Å²) in [5.74, 6) is 0.819. The molecular weight excluding hydrogens is 2040 g/mol. The quantitative estimate of drug-likeness (QED) is 0.0149. The van der Waals surface area contributed by atoms with Gasteiger partial charge in [-0.25, -0.2) is 82.7 Å². The largest absolute Gasteiger partial charge is 0.495 e. The summed E-state index contributed by atoms with van der Waals surface area (Å²) < 4.78 is 147. The van der Waals surface area contributed by atoms with Crippen LogP contribution in [0.15, 0.2) is 138 Å². The Bertz CT molecular complexity index is 6860. The van der Waals surface area contributed by atoms with Gasteiger partial charge < -0.3 is 65.8 Å². The molecule has 6 heterocycles. The van der Waals surface area contributed by atoms with Crippen LogP contribution in [-0.4, -0.2) is 176 Å². The number of amides is 3. The Kier molecular flexibility index (Phi) is 37.9. The average Bonchev–Trinajstić information content (AvgIpc) is 1.65. The summed E-state index contributed by atoms with van der Waals surface area (Å²) in [4.78, 5) is 66.8. The number of thiazole rings is 5. The van der Waals surface area contributed by atoms with Gasteiger partial charge in [0.25, 0.3) is 0 Å². The van der Waals surface area contributed by atoms with Crippen molar-refractivity contribution in [2.75, 3.05) is 119 Å². The minimum Gasteiger partial charge on any atom is -0.495 e.